The van der Waals surface area contributed by atoms with E-state index < -0.39 is 0 Å². The van der Waals surface area contributed by atoms with E-state index in [0.717, 1.165) is 18.7 Å². The Labute approximate surface area is 175 Å². The first-order valence-corrected chi connectivity index (χ1v) is 11.1. The molecule has 0 aliphatic carbocycles. The van der Waals surface area contributed by atoms with Gasteiger partial charge in [0.25, 0.3) is 5.91 Å². The number of carbonyl (C=O) groups is 1. The fourth-order valence-electron chi connectivity index (χ4n) is 5.24. The second-order valence-corrected chi connectivity index (χ2v) is 8.33. The monoisotopic (exact) mass is 391 g/mol. The second-order valence-electron chi connectivity index (χ2n) is 8.33. The number of rotatable bonds is 6. The van der Waals surface area contributed by atoms with Gasteiger partial charge >= 0.3 is 0 Å². The fourth-order valence-corrected chi connectivity index (χ4v) is 5.24. The fraction of sp³-hybridized carbons (Fsp3) is 0.480. The number of carbonyl (C=O) groups excluding carboxylic acids is 1. The zero-order valence-corrected chi connectivity index (χ0v) is 17.9. The Morgan fingerprint density at radius 3 is 2.07 bits per heavy atom. The predicted molar refractivity (Wildman–Crippen MR) is 120 cm³/mol. The van der Waals surface area contributed by atoms with Gasteiger partial charge in [0.2, 0.25) is 0 Å². The van der Waals surface area contributed by atoms with Crippen LogP contribution in [-0.2, 0) is 0 Å². The molecule has 3 heterocycles. The van der Waals surface area contributed by atoms with E-state index in [4.69, 9.17) is 0 Å². The van der Waals surface area contributed by atoms with Gasteiger partial charge in [-0.05, 0) is 89.0 Å². The van der Waals surface area contributed by atoms with Crippen molar-refractivity contribution in [1.29, 1.82) is 0 Å². The summed E-state index contributed by atoms with van der Waals surface area (Å²) >= 11 is 0. The highest BCUT2D eigenvalue weighted by atomic mass is 16.2. The maximum Gasteiger partial charge on any atom is 0.253 e. The lowest BCUT2D eigenvalue weighted by Crippen LogP contribution is -2.61. The summed E-state index contributed by atoms with van der Waals surface area (Å²) < 4.78 is 0. The average molecular weight is 392 g/mol. The maximum atomic E-state index is 12.7. The van der Waals surface area contributed by atoms with E-state index in [0.29, 0.717) is 18.0 Å². The van der Waals surface area contributed by atoms with Gasteiger partial charge in [0.05, 0.1) is 6.04 Å². The molecule has 2 aromatic carbocycles. The Hall–Kier alpha value is -2.33. The Bertz CT molecular complexity index is 806. The molecule has 0 radical (unpaired) electrons. The van der Waals surface area contributed by atoms with Gasteiger partial charge in [-0.15, -0.1) is 0 Å². The van der Waals surface area contributed by atoms with Crippen molar-refractivity contribution in [3.63, 3.8) is 0 Å². The highest BCUT2D eigenvalue weighted by molar-refractivity contribution is 5.94. The van der Waals surface area contributed by atoms with Crippen LogP contribution in [0, 0.1) is 5.92 Å². The highest BCUT2D eigenvalue weighted by Crippen LogP contribution is 2.41. The number of hydrogen-bond acceptors (Lipinski definition) is 3. The number of nitrogens with zero attached hydrogens (tertiary/aromatic N) is 3. The molecule has 5 rings (SSSR count). The van der Waals surface area contributed by atoms with E-state index >= 15 is 0 Å². The molecule has 2 aromatic rings. The van der Waals surface area contributed by atoms with Gasteiger partial charge in [-0.25, -0.2) is 0 Å². The van der Waals surface area contributed by atoms with Crippen LogP contribution in [0.4, 0.5) is 11.4 Å². The van der Waals surface area contributed by atoms with Crippen molar-refractivity contribution < 1.29 is 4.79 Å². The van der Waals surface area contributed by atoms with E-state index in [1.807, 2.05) is 30.9 Å². The maximum absolute atomic E-state index is 12.7. The van der Waals surface area contributed by atoms with Crippen LogP contribution in [0.1, 0.15) is 44.0 Å². The quantitative estimate of drug-likeness (QED) is 0.708. The van der Waals surface area contributed by atoms with Crippen LogP contribution >= 0.6 is 0 Å². The molecule has 3 fully saturated rings. The normalized spacial score (nSPS) is 25.6. The molecule has 0 unspecified atom stereocenters. The molecule has 4 heteroatoms. The summed E-state index contributed by atoms with van der Waals surface area (Å²) in [7, 11) is 0. The minimum absolute atomic E-state index is 0.115. The Morgan fingerprint density at radius 2 is 1.52 bits per heavy atom. The summed E-state index contributed by atoms with van der Waals surface area (Å²) in [5.74, 6) is 0.830. The van der Waals surface area contributed by atoms with Crippen LogP contribution in [0.3, 0.4) is 0 Å². The zero-order chi connectivity index (χ0) is 20.4. The van der Waals surface area contributed by atoms with Gasteiger partial charge in [-0.2, -0.15) is 0 Å². The molecule has 2 bridgehead atoms. The number of para-hydroxylation sites is 1. The van der Waals surface area contributed by atoms with Crippen molar-refractivity contribution in [2.24, 2.45) is 5.92 Å². The van der Waals surface area contributed by atoms with Crippen molar-refractivity contribution in [1.82, 2.24) is 9.80 Å². The van der Waals surface area contributed by atoms with Crippen LogP contribution in [-0.4, -0.2) is 54.0 Å². The second kappa shape index (κ2) is 8.58. The van der Waals surface area contributed by atoms with Crippen LogP contribution in [0.25, 0.3) is 0 Å². The molecular formula is C25H33N3O. The molecule has 4 nitrogen and oxygen atoms in total. The lowest BCUT2D eigenvalue weighted by molar-refractivity contribution is 0.0381. The van der Waals surface area contributed by atoms with Crippen LogP contribution in [0.2, 0.25) is 0 Å². The third-order valence-corrected chi connectivity index (χ3v) is 6.90. The lowest BCUT2D eigenvalue weighted by Gasteiger charge is -2.54. The first-order chi connectivity index (χ1) is 14.1. The molecule has 0 aromatic heterocycles. The summed E-state index contributed by atoms with van der Waals surface area (Å²) in [6.45, 7) is 10.4. The van der Waals surface area contributed by atoms with E-state index in [-0.39, 0.29) is 5.91 Å². The van der Waals surface area contributed by atoms with E-state index in [9.17, 15) is 4.79 Å². The minimum atomic E-state index is 0.115. The summed E-state index contributed by atoms with van der Waals surface area (Å²) in [6.07, 6.45) is 2.55. The van der Waals surface area contributed by atoms with E-state index in [2.05, 4.69) is 59.2 Å². The average Bonchev–Trinajstić information content (AvgIpc) is 2.78. The number of piperidine rings is 3. The van der Waals surface area contributed by atoms with E-state index in [1.54, 1.807) is 0 Å². The van der Waals surface area contributed by atoms with Crippen LogP contribution < -0.4 is 4.90 Å². The lowest BCUT2D eigenvalue weighted by atomic mass is 9.78. The molecule has 1 amide bonds. The van der Waals surface area contributed by atoms with Gasteiger partial charge in [0, 0.05) is 36.1 Å². The minimum Gasteiger partial charge on any atom is -0.339 e. The van der Waals surface area contributed by atoms with Crippen molar-refractivity contribution in [3.8, 4) is 0 Å². The third-order valence-electron chi connectivity index (χ3n) is 6.90. The van der Waals surface area contributed by atoms with Crippen molar-refractivity contribution >= 4 is 17.3 Å². The Balaban J connectivity index is 1.68. The van der Waals surface area contributed by atoms with Crippen LogP contribution in [0.5, 0.6) is 0 Å². The van der Waals surface area contributed by atoms with Gasteiger partial charge in [0.1, 0.15) is 0 Å². The highest BCUT2D eigenvalue weighted by Gasteiger charge is 2.43. The molecule has 29 heavy (non-hydrogen) atoms. The first kappa shape index (κ1) is 20.0. The first-order valence-electron chi connectivity index (χ1n) is 11.1. The molecule has 154 valence electrons. The summed E-state index contributed by atoms with van der Waals surface area (Å²) in [4.78, 5) is 19.8. The van der Waals surface area contributed by atoms with Gasteiger partial charge < -0.3 is 9.80 Å². The van der Waals surface area contributed by atoms with Crippen molar-refractivity contribution in [2.45, 2.75) is 45.7 Å². The number of anilines is 2. The number of fused-ring (bicyclic) bond motifs is 3. The molecule has 0 spiro atoms. The van der Waals surface area contributed by atoms with Crippen molar-refractivity contribution in [3.05, 3.63) is 60.2 Å². The third kappa shape index (κ3) is 3.78. The number of amides is 1. The zero-order valence-electron chi connectivity index (χ0n) is 17.9. The topological polar surface area (TPSA) is 26.8 Å². The summed E-state index contributed by atoms with van der Waals surface area (Å²) in [5, 5.41) is 0. The molecule has 0 N–H and O–H groups in total. The Morgan fingerprint density at radius 1 is 0.931 bits per heavy atom. The van der Waals surface area contributed by atoms with Gasteiger partial charge in [-0.1, -0.05) is 18.2 Å². The molecular weight excluding hydrogens is 358 g/mol. The standard InChI is InChI=1S/C25H33N3O/c1-4-26(5-2)25(29)21-11-13-23(14-12-21)28(22-9-7-6-8-10-22)24-19(3)27-17-15-20(24)16-18-27/h6-14,19-20,24H,4-5,15-18H2,1-3H3/t19-,24+/m1/s1. The Kier molecular flexibility index (Phi) is 5.91. The largest absolute Gasteiger partial charge is 0.339 e. The molecule has 0 saturated carbocycles. The SMILES string of the molecule is CCN(CC)C(=O)c1ccc(N(c2ccccc2)[C@@H]2C3CCN(CC3)[C@@H]2C)cc1. The molecule has 2 atom stereocenters. The molecule has 3 aliphatic heterocycles. The summed E-state index contributed by atoms with van der Waals surface area (Å²) in [6, 6.07) is 20.0. The predicted octanol–water partition coefficient (Wildman–Crippen LogP) is 4.79. The van der Waals surface area contributed by atoms with E-state index in [1.165, 1.54) is 37.3 Å². The smallest absolute Gasteiger partial charge is 0.253 e. The molecule has 3 saturated heterocycles. The van der Waals surface area contributed by atoms with Crippen LogP contribution in [0.15, 0.2) is 54.6 Å². The van der Waals surface area contributed by atoms with Gasteiger partial charge in [-0.3, -0.25) is 9.69 Å². The number of hydrogen-bond donors (Lipinski definition) is 0. The van der Waals surface area contributed by atoms with Gasteiger partial charge in [0.15, 0.2) is 0 Å². The number of benzene rings is 2. The summed E-state index contributed by atoms with van der Waals surface area (Å²) in [5.41, 5.74) is 3.19. The molecule has 3 aliphatic rings. The van der Waals surface area contributed by atoms with Crippen molar-refractivity contribution in [2.75, 3.05) is 31.1 Å².